The van der Waals surface area contributed by atoms with E-state index < -0.39 is 64.8 Å². The molecular weight excluding hydrogens is 432 g/mol. The summed E-state index contributed by atoms with van der Waals surface area (Å²) in [6, 6.07) is -2.27. The van der Waals surface area contributed by atoms with Gasteiger partial charge in [-0.1, -0.05) is 0 Å². The maximum Gasteiger partial charge on any atom is 0.410 e. The highest BCUT2D eigenvalue weighted by Crippen LogP contribution is 2.25. The van der Waals surface area contributed by atoms with Crippen LogP contribution in [0.4, 0.5) is 4.79 Å². The first kappa shape index (κ1) is 28.5. The average Bonchev–Trinajstić information content (AvgIpc) is 3.14. The zero-order valence-corrected chi connectivity index (χ0v) is 20.9. The second-order valence-electron chi connectivity index (χ2n) is 10.3. The Balaban J connectivity index is 3.27. The van der Waals surface area contributed by atoms with Crippen molar-refractivity contribution in [2.45, 2.75) is 96.5 Å². The molecule has 0 saturated carbocycles. The smallest absolute Gasteiger partial charge is 0.410 e. The average molecular weight is 471 g/mol. The number of rotatable bonds is 7. The number of imide groups is 1. The SMILES string of the molecule is COC(=O)C(C)(N)CC(=O)C(C)N(C(=O)C1CCCN1C(=O)OC(C)(C)C)C(=O)C(C)(C)N. The first-order chi connectivity index (χ1) is 14.8. The number of esters is 1. The zero-order chi connectivity index (χ0) is 25.9. The summed E-state index contributed by atoms with van der Waals surface area (Å²) in [7, 11) is 1.14. The number of nitrogens with zero attached hydrogens (tertiary/aromatic N) is 2. The Labute approximate surface area is 195 Å². The molecule has 1 aliphatic rings. The molecule has 11 nitrogen and oxygen atoms in total. The third kappa shape index (κ3) is 7.23. The van der Waals surface area contributed by atoms with E-state index in [2.05, 4.69) is 4.74 Å². The number of amides is 3. The molecule has 0 aromatic carbocycles. The molecule has 11 heteroatoms. The lowest BCUT2D eigenvalue weighted by Gasteiger charge is -2.36. The van der Waals surface area contributed by atoms with Crippen LogP contribution in [-0.2, 0) is 28.7 Å². The van der Waals surface area contributed by atoms with Crippen molar-refractivity contribution in [1.29, 1.82) is 0 Å². The summed E-state index contributed by atoms with van der Waals surface area (Å²) in [4.78, 5) is 66.3. The fraction of sp³-hybridized carbons (Fsp3) is 0.773. The van der Waals surface area contributed by atoms with Crippen molar-refractivity contribution >= 4 is 29.7 Å². The number of hydrogen-bond donors (Lipinski definition) is 2. The molecule has 1 rings (SSSR count). The normalized spacial score (nSPS) is 19.3. The van der Waals surface area contributed by atoms with Crippen LogP contribution in [0.5, 0.6) is 0 Å². The highest BCUT2D eigenvalue weighted by atomic mass is 16.6. The highest BCUT2D eigenvalue weighted by Gasteiger charge is 2.46. The van der Waals surface area contributed by atoms with Gasteiger partial charge in [0.25, 0.3) is 5.91 Å². The third-order valence-corrected chi connectivity index (χ3v) is 5.22. The van der Waals surface area contributed by atoms with Gasteiger partial charge < -0.3 is 20.9 Å². The van der Waals surface area contributed by atoms with Crippen molar-refractivity contribution in [2.75, 3.05) is 13.7 Å². The molecule has 0 radical (unpaired) electrons. The number of carbonyl (C=O) groups excluding carboxylic acids is 5. The van der Waals surface area contributed by atoms with Gasteiger partial charge in [-0.2, -0.15) is 0 Å². The van der Waals surface area contributed by atoms with Crippen LogP contribution in [0.3, 0.4) is 0 Å². The summed E-state index contributed by atoms with van der Waals surface area (Å²) in [6.07, 6.45) is -0.333. The number of Topliss-reactive ketones (excluding diaryl/α,β-unsaturated/α-hetero) is 1. The van der Waals surface area contributed by atoms with Crippen LogP contribution >= 0.6 is 0 Å². The maximum atomic E-state index is 13.5. The van der Waals surface area contributed by atoms with E-state index in [-0.39, 0.29) is 6.54 Å². The number of methoxy groups -OCH3 is 1. The predicted molar refractivity (Wildman–Crippen MR) is 120 cm³/mol. The van der Waals surface area contributed by atoms with Crippen molar-refractivity contribution in [2.24, 2.45) is 11.5 Å². The lowest BCUT2D eigenvalue weighted by atomic mass is 9.92. The molecule has 33 heavy (non-hydrogen) atoms. The second kappa shape index (κ2) is 10.2. The summed E-state index contributed by atoms with van der Waals surface area (Å²) < 4.78 is 10.0. The molecule has 0 aliphatic carbocycles. The Morgan fingerprint density at radius 2 is 1.61 bits per heavy atom. The van der Waals surface area contributed by atoms with Gasteiger partial charge in [0.05, 0.1) is 18.7 Å². The molecule has 4 N–H and O–H groups in total. The Bertz CT molecular complexity index is 796. The standard InChI is InChI=1S/C22H38N4O7/c1-13(15(27)12-22(7,24)18(30)32-8)26(17(29)21(5,6)23)16(28)14-10-9-11-25(14)19(31)33-20(2,3)4/h13-14H,9-12,23-24H2,1-8H3. The summed E-state index contributed by atoms with van der Waals surface area (Å²) in [6.45, 7) is 10.9. The molecular formula is C22H38N4O7. The van der Waals surface area contributed by atoms with Gasteiger partial charge in [-0.3, -0.25) is 29.0 Å². The third-order valence-electron chi connectivity index (χ3n) is 5.22. The largest absolute Gasteiger partial charge is 0.468 e. The van der Waals surface area contributed by atoms with Gasteiger partial charge in [-0.15, -0.1) is 0 Å². The van der Waals surface area contributed by atoms with Crippen molar-refractivity contribution in [3.63, 3.8) is 0 Å². The van der Waals surface area contributed by atoms with E-state index >= 15 is 0 Å². The van der Waals surface area contributed by atoms with Crippen LogP contribution in [-0.4, -0.2) is 81.9 Å². The number of ketones is 1. The molecule has 3 amide bonds. The minimum atomic E-state index is -1.65. The van der Waals surface area contributed by atoms with E-state index in [9.17, 15) is 24.0 Å². The molecule has 188 valence electrons. The fourth-order valence-electron chi connectivity index (χ4n) is 3.46. The second-order valence-corrected chi connectivity index (χ2v) is 10.3. The number of ether oxygens (including phenoxy) is 2. The van der Waals surface area contributed by atoms with E-state index in [0.717, 1.165) is 12.0 Å². The van der Waals surface area contributed by atoms with Crippen LogP contribution in [0.2, 0.25) is 0 Å². The Morgan fingerprint density at radius 3 is 2.06 bits per heavy atom. The Hall–Kier alpha value is -2.53. The minimum absolute atomic E-state index is 0.269. The van der Waals surface area contributed by atoms with Crippen LogP contribution in [0, 0.1) is 0 Å². The first-order valence-corrected chi connectivity index (χ1v) is 10.9. The summed E-state index contributed by atoms with van der Waals surface area (Å²) in [5, 5.41) is 0. The molecule has 0 spiro atoms. The van der Waals surface area contributed by atoms with Gasteiger partial charge in [0.1, 0.15) is 17.2 Å². The number of nitrogens with two attached hydrogens (primary N) is 2. The molecule has 0 aromatic rings. The first-order valence-electron chi connectivity index (χ1n) is 10.9. The number of hydrogen-bond acceptors (Lipinski definition) is 9. The Morgan fingerprint density at radius 1 is 1.06 bits per heavy atom. The van der Waals surface area contributed by atoms with E-state index in [1.54, 1.807) is 20.8 Å². The van der Waals surface area contributed by atoms with Crippen molar-refractivity contribution in [1.82, 2.24) is 9.80 Å². The van der Waals surface area contributed by atoms with E-state index in [1.165, 1.54) is 32.6 Å². The van der Waals surface area contributed by atoms with Crippen LogP contribution in [0.15, 0.2) is 0 Å². The summed E-state index contributed by atoms with van der Waals surface area (Å²) in [5.41, 5.74) is 7.98. The van der Waals surface area contributed by atoms with Gasteiger partial charge in [0.2, 0.25) is 5.91 Å². The van der Waals surface area contributed by atoms with Gasteiger partial charge in [-0.25, -0.2) is 4.79 Å². The molecule has 0 aromatic heterocycles. The predicted octanol–water partition coefficient (Wildman–Crippen LogP) is 0.717. The molecule has 1 heterocycles. The molecule has 1 saturated heterocycles. The lowest BCUT2D eigenvalue weighted by molar-refractivity contribution is -0.156. The van der Waals surface area contributed by atoms with E-state index in [0.29, 0.717) is 12.8 Å². The van der Waals surface area contributed by atoms with Crippen LogP contribution in [0.1, 0.15) is 67.7 Å². The van der Waals surface area contributed by atoms with Crippen LogP contribution < -0.4 is 11.5 Å². The van der Waals surface area contributed by atoms with Gasteiger partial charge in [0.15, 0.2) is 5.78 Å². The Kier molecular flexibility index (Phi) is 8.78. The van der Waals surface area contributed by atoms with E-state index in [1.807, 2.05) is 0 Å². The fourth-order valence-corrected chi connectivity index (χ4v) is 3.46. The van der Waals surface area contributed by atoms with Crippen molar-refractivity contribution < 1.29 is 33.4 Å². The van der Waals surface area contributed by atoms with Gasteiger partial charge in [0, 0.05) is 13.0 Å². The molecule has 1 aliphatic heterocycles. The minimum Gasteiger partial charge on any atom is -0.468 e. The maximum absolute atomic E-state index is 13.5. The monoisotopic (exact) mass is 470 g/mol. The molecule has 1 fully saturated rings. The number of carbonyl (C=O) groups is 5. The van der Waals surface area contributed by atoms with Crippen molar-refractivity contribution in [3.8, 4) is 0 Å². The van der Waals surface area contributed by atoms with Crippen LogP contribution in [0.25, 0.3) is 0 Å². The molecule has 3 atom stereocenters. The van der Waals surface area contributed by atoms with E-state index in [4.69, 9.17) is 16.2 Å². The zero-order valence-electron chi connectivity index (χ0n) is 20.9. The number of likely N-dealkylation sites (tertiary alicyclic amines) is 1. The highest BCUT2D eigenvalue weighted by molar-refractivity contribution is 6.06. The summed E-state index contributed by atoms with van der Waals surface area (Å²) >= 11 is 0. The van der Waals surface area contributed by atoms with Crippen molar-refractivity contribution in [3.05, 3.63) is 0 Å². The molecule has 3 unspecified atom stereocenters. The lowest BCUT2D eigenvalue weighted by Crippen LogP contribution is -2.62. The van der Waals surface area contributed by atoms with Gasteiger partial charge in [-0.05, 0) is 61.3 Å². The molecule has 0 bridgehead atoms. The quantitative estimate of drug-likeness (QED) is 0.510. The summed E-state index contributed by atoms with van der Waals surface area (Å²) in [5.74, 6) is -2.96. The topological polar surface area (TPSA) is 162 Å². The van der Waals surface area contributed by atoms with Gasteiger partial charge >= 0.3 is 12.1 Å².